The molecule has 116 valence electrons. The van der Waals surface area contributed by atoms with Gasteiger partial charge in [-0.2, -0.15) is 0 Å². The minimum Gasteiger partial charge on any atom is -0.478 e. The second kappa shape index (κ2) is 6.74. The van der Waals surface area contributed by atoms with E-state index >= 15 is 0 Å². The van der Waals surface area contributed by atoms with E-state index in [1.54, 1.807) is 6.07 Å². The molecule has 7 heteroatoms. The number of carboxylic acids is 1. The van der Waals surface area contributed by atoms with Crippen molar-refractivity contribution in [3.05, 3.63) is 50.8 Å². The molecule has 0 aliphatic rings. The van der Waals surface area contributed by atoms with Crippen molar-refractivity contribution in [1.29, 1.82) is 0 Å². The van der Waals surface area contributed by atoms with Crippen LogP contribution in [0.15, 0.2) is 27.2 Å². The smallest absolute Gasteiger partial charge is 0.335 e. The average molecular weight is 367 g/mol. The molecule has 6 nitrogen and oxygen atoms in total. The summed E-state index contributed by atoms with van der Waals surface area (Å²) >= 11 is 3.20. The zero-order valence-corrected chi connectivity index (χ0v) is 13.7. The van der Waals surface area contributed by atoms with Crippen LogP contribution < -0.4 is 5.32 Å². The molecule has 0 saturated heterocycles. The molecule has 22 heavy (non-hydrogen) atoms. The summed E-state index contributed by atoms with van der Waals surface area (Å²) < 4.78 is 5.61. The summed E-state index contributed by atoms with van der Waals surface area (Å²) in [6, 6.07) is 4.37. The number of benzene rings is 1. The van der Waals surface area contributed by atoms with Gasteiger partial charge in [-0.05, 0) is 38.5 Å². The van der Waals surface area contributed by atoms with Crippen LogP contribution in [0.25, 0.3) is 0 Å². The SMILES string of the molecule is Cc1noc(C)c1CCNC(=O)c1cc(Br)cc(C(=O)O)c1. The fraction of sp³-hybridized carbons (Fsp3) is 0.267. The van der Waals surface area contributed by atoms with Gasteiger partial charge in [0.15, 0.2) is 0 Å². The molecule has 2 N–H and O–H groups in total. The Balaban J connectivity index is 2.02. The monoisotopic (exact) mass is 366 g/mol. The van der Waals surface area contributed by atoms with Crippen LogP contribution in [0.1, 0.15) is 37.7 Å². The van der Waals surface area contributed by atoms with E-state index in [2.05, 4.69) is 26.4 Å². The van der Waals surface area contributed by atoms with E-state index in [1.165, 1.54) is 12.1 Å². The van der Waals surface area contributed by atoms with Gasteiger partial charge in [0.25, 0.3) is 5.91 Å². The van der Waals surface area contributed by atoms with Crippen LogP contribution in [0.2, 0.25) is 0 Å². The van der Waals surface area contributed by atoms with Gasteiger partial charge < -0.3 is 14.9 Å². The number of rotatable bonds is 5. The van der Waals surface area contributed by atoms with Gasteiger partial charge in [-0.25, -0.2) is 4.79 Å². The number of nitrogens with zero attached hydrogens (tertiary/aromatic N) is 1. The van der Waals surface area contributed by atoms with Gasteiger partial charge in [0.2, 0.25) is 0 Å². The van der Waals surface area contributed by atoms with Crippen LogP contribution in [-0.4, -0.2) is 28.7 Å². The summed E-state index contributed by atoms with van der Waals surface area (Å²) in [6.07, 6.45) is 0.604. The van der Waals surface area contributed by atoms with E-state index in [1.807, 2.05) is 13.8 Å². The zero-order valence-electron chi connectivity index (χ0n) is 12.1. The number of aromatic carboxylic acids is 1. The Morgan fingerprint density at radius 3 is 2.55 bits per heavy atom. The van der Waals surface area contributed by atoms with E-state index in [-0.39, 0.29) is 11.5 Å². The van der Waals surface area contributed by atoms with Gasteiger partial charge in [-0.1, -0.05) is 21.1 Å². The first-order chi connectivity index (χ1) is 10.4. The lowest BCUT2D eigenvalue weighted by Gasteiger charge is -2.07. The predicted molar refractivity (Wildman–Crippen MR) is 83.1 cm³/mol. The molecular weight excluding hydrogens is 352 g/mol. The summed E-state index contributed by atoms with van der Waals surface area (Å²) in [6.45, 7) is 4.09. The minimum atomic E-state index is -1.08. The molecule has 0 spiro atoms. The maximum absolute atomic E-state index is 12.1. The molecule has 2 aromatic rings. The number of carbonyl (C=O) groups excluding carboxylic acids is 1. The van der Waals surface area contributed by atoms with E-state index < -0.39 is 5.97 Å². The molecule has 0 radical (unpaired) electrons. The Labute approximate surface area is 135 Å². The molecule has 0 atom stereocenters. The topological polar surface area (TPSA) is 92.4 Å². The van der Waals surface area contributed by atoms with E-state index in [4.69, 9.17) is 9.63 Å². The molecule has 1 heterocycles. The Morgan fingerprint density at radius 2 is 1.95 bits per heavy atom. The summed E-state index contributed by atoms with van der Waals surface area (Å²) in [5.41, 5.74) is 2.14. The van der Waals surface area contributed by atoms with Crippen molar-refractivity contribution in [2.24, 2.45) is 0 Å². The Kier molecular flexibility index (Phi) is 4.97. The molecule has 0 aliphatic heterocycles. The second-order valence-electron chi connectivity index (χ2n) is 4.84. The molecule has 0 aliphatic carbocycles. The minimum absolute atomic E-state index is 0.0604. The number of hydrogen-bond donors (Lipinski definition) is 2. The van der Waals surface area contributed by atoms with Crippen LogP contribution in [0.3, 0.4) is 0 Å². The summed E-state index contributed by atoms with van der Waals surface area (Å²) in [5, 5.41) is 15.6. The molecule has 0 unspecified atom stereocenters. The first-order valence-electron chi connectivity index (χ1n) is 6.62. The molecule has 0 bridgehead atoms. The highest BCUT2D eigenvalue weighted by Gasteiger charge is 2.13. The van der Waals surface area contributed by atoms with Crippen molar-refractivity contribution in [3.8, 4) is 0 Å². The number of aryl methyl sites for hydroxylation is 2. The number of carboxylic acid groups (broad SMARTS) is 1. The quantitative estimate of drug-likeness (QED) is 0.848. The van der Waals surface area contributed by atoms with E-state index in [9.17, 15) is 9.59 Å². The third kappa shape index (κ3) is 3.73. The number of amides is 1. The van der Waals surface area contributed by atoms with Gasteiger partial charge in [0.1, 0.15) is 5.76 Å². The van der Waals surface area contributed by atoms with Crippen LogP contribution in [0, 0.1) is 13.8 Å². The van der Waals surface area contributed by atoms with Crippen molar-refractivity contribution >= 4 is 27.8 Å². The molecule has 1 aromatic carbocycles. The second-order valence-corrected chi connectivity index (χ2v) is 5.76. The van der Waals surface area contributed by atoms with Gasteiger partial charge in [-0.15, -0.1) is 0 Å². The first-order valence-corrected chi connectivity index (χ1v) is 7.41. The summed E-state index contributed by atoms with van der Waals surface area (Å²) in [5.74, 6) is -0.663. The Bertz CT molecular complexity index is 705. The van der Waals surface area contributed by atoms with Crippen LogP contribution in [0.4, 0.5) is 0 Å². The normalized spacial score (nSPS) is 10.5. The lowest BCUT2D eigenvalue weighted by Crippen LogP contribution is -2.26. The van der Waals surface area contributed by atoms with E-state index in [0.717, 1.165) is 17.0 Å². The molecule has 2 rings (SSSR count). The lowest BCUT2D eigenvalue weighted by molar-refractivity contribution is 0.0697. The van der Waals surface area contributed by atoms with Gasteiger partial charge in [0, 0.05) is 22.1 Å². The number of nitrogens with one attached hydrogen (secondary N) is 1. The van der Waals surface area contributed by atoms with Gasteiger partial charge in [-0.3, -0.25) is 4.79 Å². The van der Waals surface area contributed by atoms with Crippen molar-refractivity contribution in [2.75, 3.05) is 6.54 Å². The Morgan fingerprint density at radius 1 is 1.27 bits per heavy atom. The van der Waals surface area contributed by atoms with Crippen LogP contribution in [0.5, 0.6) is 0 Å². The number of carbonyl (C=O) groups is 2. The summed E-state index contributed by atoms with van der Waals surface area (Å²) in [7, 11) is 0. The van der Waals surface area contributed by atoms with Crippen LogP contribution in [-0.2, 0) is 6.42 Å². The van der Waals surface area contributed by atoms with Crippen molar-refractivity contribution < 1.29 is 19.2 Å². The molecule has 0 saturated carbocycles. The number of halogens is 1. The lowest BCUT2D eigenvalue weighted by atomic mass is 10.1. The highest BCUT2D eigenvalue weighted by molar-refractivity contribution is 9.10. The Hall–Kier alpha value is -2.15. The highest BCUT2D eigenvalue weighted by Crippen LogP contribution is 2.16. The summed E-state index contributed by atoms with van der Waals surface area (Å²) in [4.78, 5) is 23.1. The maximum Gasteiger partial charge on any atom is 0.335 e. The van der Waals surface area contributed by atoms with Crippen molar-refractivity contribution in [2.45, 2.75) is 20.3 Å². The average Bonchev–Trinajstić information content (AvgIpc) is 2.78. The van der Waals surface area contributed by atoms with Crippen LogP contribution >= 0.6 is 15.9 Å². The standard InChI is InChI=1S/C15H15BrN2O4/c1-8-13(9(2)22-18-8)3-4-17-14(19)10-5-11(15(20)21)7-12(16)6-10/h5-7H,3-4H2,1-2H3,(H,17,19)(H,20,21). The molecule has 1 amide bonds. The fourth-order valence-electron chi connectivity index (χ4n) is 2.11. The largest absolute Gasteiger partial charge is 0.478 e. The molecule has 0 fully saturated rings. The fourth-order valence-corrected chi connectivity index (χ4v) is 2.60. The van der Waals surface area contributed by atoms with E-state index in [0.29, 0.717) is 23.0 Å². The highest BCUT2D eigenvalue weighted by atomic mass is 79.9. The first kappa shape index (κ1) is 16.2. The molecular formula is C15H15BrN2O4. The number of hydrogen-bond acceptors (Lipinski definition) is 4. The van der Waals surface area contributed by atoms with Crippen molar-refractivity contribution in [1.82, 2.24) is 10.5 Å². The number of aromatic nitrogens is 1. The van der Waals surface area contributed by atoms with Gasteiger partial charge >= 0.3 is 5.97 Å². The molecule has 1 aromatic heterocycles. The maximum atomic E-state index is 12.1. The third-order valence-corrected chi connectivity index (χ3v) is 3.71. The predicted octanol–water partition coefficient (Wildman–Crippen LogP) is 2.72. The zero-order chi connectivity index (χ0) is 16.3. The van der Waals surface area contributed by atoms with Gasteiger partial charge in [0.05, 0.1) is 11.3 Å². The third-order valence-electron chi connectivity index (χ3n) is 3.25. The van der Waals surface area contributed by atoms with Crippen molar-refractivity contribution in [3.63, 3.8) is 0 Å².